The van der Waals surface area contributed by atoms with Crippen LogP contribution in [-0.4, -0.2) is 41.1 Å². The van der Waals surface area contributed by atoms with Crippen molar-refractivity contribution in [2.24, 2.45) is 0 Å². The third-order valence-electron chi connectivity index (χ3n) is 2.25. The zero-order valence-electron chi connectivity index (χ0n) is 9.11. The van der Waals surface area contributed by atoms with Gasteiger partial charge in [-0.15, -0.1) is 0 Å². The molecular formula is C11H15F2NO3. The minimum absolute atomic E-state index is 0.000385. The molecule has 96 valence electrons. The summed E-state index contributed by atoms with van der Waals surface area (Å²) in [6, 6.07) is 2.92. The lowest BCUT2D eigenvalue weighted by atomic mass is 10.1. The molecular weight excluding hydrogens is 232 g/mol. The number of halogens is 2. The fourth-order valence-electron chi connectivity index (χ4n) is 1.33. The Morgan fingerprint density at radius 1 is 1.18 bits per heavy atom. The highest BCUT2D eigenvalue weighted by Gasteiger charge is 2.13. The molecule has 17 heavy (non-hydrogen) atoms. The van der Waals surface area contributed by atoms with Crippen molar-refractivity contribution in [1.82, 2.24) is 5.32 Å². The van der Waals surface area contributed by atoms with Gasteiger partial charge in [-0.2, -0.15) is 0 Å². The molecule has 0 aromatic heterocycles. The normalized spacial score (nSPS) is 14.6. The highest BCUT2D eigenvalue weighted by molar-refractivity contribution is 5.21. The van der Waals surface area contributed by atoms with Crippen molar-refractivity contribution in [3.05, 3.63) is 35.4 Å². The summed E-state index contributed by atoms with van der Waals surface area (Å²) in [7, 11) is 0. The first-order valence-electron chi connectivity index (χ1n) is 5.17. The minimum Gasteiger partial charge on any atom is -0.394 e. The third-order valence-corrected chi connectivity index (χ3v) is 2.25. The third kappa shape index (κ3) is 4.35. The molecule has 0 heterocycles. The number of benzene rings is 1. The predicted molar refractivity (Wildman–Crippen MR) is 57.3 cm³/mol. The van der Waals surface area contributed by atoms with Crippen molar-refractivity contribution in [1.29, 1.82) is 0 Å². The van der Waals surface area contributed by atoms with E-state index in [1.54, 1.807) is 0 Å². The highest BCUT2D eigenvalue weighted by Crippen LogP contribution is 2.17. The van der Waals surface area contributed by atoms with Crippen LogP contribution in [0.4, 0.5) is 8.78 Å². The van der Waals surface area contributed by atoms with Gasteiger partial charge >= 0.3 is 0 Å². The first-order chi connectivity index (χ1) is 8.04. The van der Waals surface area contributed by atoms with Crippen molar-refractivity contribution in [3.63, 3.8) is 0 Å². The molecule has 0 fully saturated rings. The monoisotopic (exact) mass is 247 g/mol. The molecule has 0 amide bonds. The van der Waals surface area contributed by atoms with Crippen LogP contribution < -0.4 is 5.32 Å². The van der Waals surface area contributed by atoms with Gasteiger partial charge in [-0.25, -0.2) is 8.78 Å². The van der Waals surface area contributed by atoms with Gasteiger partial charge in [-0.05, 0) is 6.07 Å². The molecule has 0 aliphatic heterocycles. The summed E-state index contributed by atoms with van der Waals surface area (Å²) in [5.41, 5.74) is -0.0163. The molecule has 2 atom stereocenters. The Morgan fingerprint density at radius 3 is 2.47 bits per heavy atom. The van der Waals surface area contributed by atoms with E-state index in [1.807, 2.05) is 0 Å². The van der Waals surface area contributed by atoms with Gasteiger partial charge in [0.15, 0.2) is 0 Å². The number of rotatable bonds is 6. The highest BCUT2D eigenvalue weighted by atomic mass is 19.1. The zero-order valence-corrected chi connectivity index (χ0v) is 9.11. The Labute approximate surface area is 97.5 Å². The zero-order chi connectivity index (χ0) is 12.8. The van der Waals surface area contributed by atoms with Gasteiger partial charge < -0.3 is 20.6 Å². The van der Waals surface area contributed by atoms with Crippen molar-refractivity contribution in [3.8, 4) is 0 Å². The van der Waals surface area contributed by atoms with Crippen LogP contribution in [0.15, 0.2) is 18.2 Å². The molecule has 6 heteroatoms. The van der Waals surface area contributed by atoms with E-state index in [-0.39, 0.29) is 18.7 Å². The summed E-state index contributed by atoms with van der Waals surface area (Å²) < 4.78 is 25.9. The second kappa shape index (κ2) is 6.61. The quantitative estimate of drug-likeness (QED) is 0.568. The van der Waals surface area contributed by atoms with Crippen molar-refractivity contribution in [2.75, 3.05) is 19.7 Å². The number of hydrogen-bond acceptors (Lipinski definition) is 4. The summed E-state index contributed by atoms with van der Waals surface area (Å²) in [5, 5.41) is 29.8. The molecule has 0 bridgehead atoms. The van der Waals surface area contributed by atoms with E-state index in [9.17, 15) is 13.9 Å². The molecule has 1 aromatic carbocycles. The number of hydrogen-bond donors (Lipinski definition) is 4. The molecule has 4 N–H and O–H groups in total. The van der Waals surface area contributed by atoms with E-state index in [0.717, 1.165) is 6.07 Å². The van der Waals surface area contributed by atoms with Crippen molar-refractivity contribution >= 4 is 0 Å². The topological polar surface area (TPSA) is 72.7 Å². The van der Waals surface area contributed by atoms with Gasteiger partial charge in [0.25, 0.3) is 0 Å². The van der Waals surface area contributed by atoms with Crippen molar-refractivity contribution in [2.45, 2.75) is 12.2 Å². The van der Waals surface area contributed by atoms with Crippen LogP contribution in [0.2, 0.25) is 0 Å². The van der Waals surface area contributed by atoms with Gasteiger partial charge in [0.2, 0.25) is 0 Å². The van der Waals surface area contributed by atoms with E-state index in [0.29, 0.717) is 6.07 Å². The van der Waals surface area contributed by atoms with Crippen LogP contribution in [0.25, 0.3) is 0 Å². The van der Waals surface area contributed by atoms with Gasteiger partial charge in [0.05, 0.1) is 18.8 Å². The molecule has 4 nitrogen and oxygen atoms in total. The second-order valence-corrected chi connectivity index (χ2v) is 3.68. The minimum atomic E-state index is -1.14. The van der Waals surface area contributed by atoms with Crippen LogP contribution in [0.5, 0.6) is 0 Å². The Hall–Kier alpha value is -1.08. The van der Waals surface area contributed by atoms with Crippen LogP contribution in [0.1, 0.15) is 11.7 Å². The lowest BCUT2D eigenvalue weighted by Crippen LogP contribution is -2.32. The first kappa shape index (κ1) is 14.0. The molecule has 0 saturated carbocycles. The fraction of sp³-hybridized carbons (Fsp3) is 0.455. The standard InChI is InChI=1S/C11H15F2NO3/c12-7-1-2-9(10(13)3-7)11(17)5-14-4-8(16)6-15/h1-3,8,11,14-17H,4-6H2. The van der Waals surface area contributed by atoms with E-state index in [4.69, 9.17) is 10.2 Å². The SMILES string of the molecule is OCC(O)CNCC(O)c1ccc(F)cc1F. The lowest BCUT2D eigenvalue weighted by molar-refractivity contribution is 0.0888. The smallest absolute Gasteiger partial charge is 0.131 e. The number of nitrogens with one attached hydrogen (secondary N) is 1. The van der Waals surface area contributed by atoms with E-state index in [2.05, 4.69) is 5.32 Å². The summed E-state index contributed by atoms with van der Waals surface area (Å²) in [4.78, 5) is 0. The van der Waals surface area contributed by atoms with Crippen LogP contribution in [-0.2, 0) is 0 Å². The Kier molecular flexibility index (Phi) is 5.43. The number of aliphatic hydroxyl groups excluding tert-OH is 3. The van der Waals surface area contributed by atoms with Crippen LogP contribution in [0, 0.1) is 11.6 Å². The summed E-state index contributed by atoms with van der Waals surface area (Å²) >= 11 is 0. The van der Waals surface area contributed by atoms with E-state index in [1.165, 1.54) is 6.07 Å². The Bertz CT molecular complexity index is 363. The maximum atomic E-state index is 13.2. The largest absolute Gasteiger partial charge is 0.394 e. The average molecular weight is 247 g/mol. The molecule has 1 rings (SSSR count). The van der Waals surface area contributed by atoms with Gasteiger partial charge in [-0.1, -0.05) is 6.07 Å². The van der Waals surface area contributed by atoms with Crippen LogP contribution in [0.3, 0.4) is 0 Å². The average Bonchev–Trinajstić information content (AvgIpc) is 2.28. The fourth-order valence-corrected chi connectivity index (χ4v) is 1.33. The molecule has 0 saturated heterocycles. The van der Waals surface area contributed by atoms with E-state index < -0.39 is 30.4 Å². The predicted octanol–water partition coefficient (Wildman–Crippen LogP) is -0.0590. The molecule has 0 spiro atoms. The Morgan fingerprint density at radius 2 is 1.88 bits per heavy atom. The lowest BCUT2D eigenvalue weighted by Gasteiger charge is -2.14. The molecule has 0 aliphatic rings. The summed E-state index contributed by atoms with van der Waals surface area (Å²) in [6.45, 7) is -0.315. The second-order valence-electron chi connectivity index (χ2n) is 3.68. The number of aliphatic hydroxyl groups is 3. The molecule has 2 unspecified atom stereocenters. The van der Waals surface area contributed by atoms with E-state index >= 15 is 0 Å². The molecule has 0 aliphatic carbocycles. The summed E-state index contributed by atoms with van der Waals surface area (Å²) in [6.07, 6.45) is -2.07. The maximum absolute atomic E-state index is 13.2. The maximum Gasteiger partial charge on any atom is 0.131 e. The van der Waals surface area contributed by atoms with Gasteiger partial charge in [0, 0.05) is 24.7 Å². The first-order valence-corrected chi connectivity index (χ1v) is 5.17. The Balaban J connectivity index is 2.49. The molecule has 0 radical (unpaired) electrons. The van der Waals surface area contributed by atoms with Crippen molar-refractivity contribution < 1.29 is 24.1 Å². The van der Waals surface area contributed by atoms with Gasteiger partial charge in [0.1, 0.15) is 11.6 Å². The summed E-state index contributed by atoms with van der Waals surface area (Å²) in [5.74, 6) is -1.52. The van der Waals surface area contributed by atoms with Crippen LogP contribution >= 0.6 is 0 Å². The molecule has 1 aromatic rings. The van der Waals surface area contributed by atoms with Gasteiger partial charge in [-0.3, -0.25) is 0 Å².